The van der Waals surface area contributed by atoms with Crippen LogP contribution in [0.15, 0.2) is 42.6 Å². The molecule has 2 aromatic heterocycles. The Morgan fingerprint density at radius 2 is 1.87 bits per heavy atom. The van der Waals surface area contributed by atoms with Crippen LogP contribution < -0.4 is 0 Å². The van der Waals surface area contributed by atoms with Crippen molar-refractivity contribution in [2.24, 2.45) is 5.41 Å². The number of nitrogens with zero attached hydrogens (tertiary/aromatic N) is 3. The Morgan fingerprint density at radius 1 is 1.13 bits per heavy atom. The minimum atomic E-state index is -0.654. The highest BCUT2D eigenvalue weighted by Gasteiger charge is 2.65. The Balaban J connectivity index is 1.70. The summed E-state index contributed by atoms with van der Waals surface area (Å²) in [6, 6.07) is 9.22. The molecule has 0 N–H and O–H groups in total. The van der Waals surface area contributed by atoms with Gasteiger partial charge < -0.3 is 0 Å². The first-order chi connectivity index (χ1) is 14.8. The van der Waals surface area contributed by atoms with Crippen molar-refractivity contribution in [3.05, 3.63) is 76.7 Å². The quantitative estimate of drug-likeness (QED) is 0.516. The molecule has 0 amide bonds. The molecule has 0 unspecified atom stereocenters. The van der Waals surface area contributed by atoms with Crippen LogP contribution in [0, 0.1) is 17.0 Å². The van der Waals surface area contributed by atoms with E-state index in [1.165, 1.54) is 18.2 Å². The third-order valence-electron chi connectivity index (χ3n) is 7.44. The number of hydrogen-bond acceptors (Lipinski definition) is 4. The van der Waals surface area contributed by atoms with Crippen LogP contribution >= 0.6 is 0 Å². The normalized spacial score (nSPS) is 23.1. The molecule has 1 saturated carbocycles. The molecule has 2 atom stereocenters. The van der Waals surface area contributed by atoms with Gasteiger partial charge in [0.15, 0.2) is 5.78 Å². The zero-order chi connectivity index (χ0) is 22.0. The number of rotatable bonds is 4. The van der Waals surface area contributed by atoms with E-state index in [0.717, 1.165) is 29.8 Å². The summed E-state index contributed by atoms with van der Waals surface area (Å²) in [5.41, 5.74) is 2.58. The van der Waals surface area contributed by atoms with E-state index in [9.17, 15) is 13.6 Å². The molecule has 158 valence electrons. The Bertz CT molecular complexity index is 1200. The Morgan fingerprint density at radius 3 is 2.58 bits per heavy atom. The first kappa shape index (κ1) is 19.9. The molecule has 2 heterocycles. The third kappa shape index (κ3) is 2.57. The lowest BCUT2D eigenvalue weighted by atomic mass is 9.66. The summed E-state index contributed by atoms with van der Waals surface area (Å²) in [4.78, 5) is 17.0. The highest BCUT2D eigenvalue weighted by Crippen LogP contribution is 2.69. The summed E-state index contributed by atoms with van der Waals surface area (Å²) in [6.45, 7) is 6.22. The summed E-state index contributed by atoms with van der Waals surface area (Å²) in [5.74, 6) is -1.07. The molecule has 1 fully saturated rings. The van der Waals surface area contributed by atoms with Crippen molar-refractivity contribution >= 4 is 5.78 Å². The zero-order valence-electron chi connectivity index (χ0n) is 17.7. The molecule has 2 aliphatic rings. The SMILES string of the molecule is CCC(=O)c1ccnc([C@@]23CC[C@@H](c4cc(-c5c(F)cccc5F)nnc42)C3(C)C)c1. The van der Waals surface area contributed by atoms with Crippen LogP contribution in [-0.2, 0) is 5.41 Å². The zero-order valence-corrected chi connectivity index (χ0v) is 17.7. The third-order valence-corrected chi connectivity index (χ3v) is 7.44. The summed E-state index contributed by atoms with van der Waals surface area (Å²) in [6.07, 6.45) is 3.87. The Kier molecular flexibility index (Phi) is 4.33. The van der Waals surface area contributed by atoms with E-state index in [-0.39, 0.29) is 28.4 Å². The van der Waals surface area contributed by atoms with Gasteiger partial charge in [0.25, 0.3) is 0 Å². The second kappa shape index (κ2) is 6.74. The van der Waals surface area contributed by atoms with Crippen LogP contribution in [0.3, 0.4) is 0 Å². The van der Waals surface area contributed by atoms with Gasteiger partial charge in [0.05, 0.1) is 28.1 Å². The fourth-order valence-corrected chi connectivity index (χ4v) is 5.80. The van der Waals surface area contributed by atoms with E-state index in [4.69, 9.17) is 0 Å². The lowest BCUT2D eigenvalue weighted by Gasteiger charge is -2.37. The molecule has 6 heteroatoms. The number of benzene rings is 1. The Hall–Kier alpha value is -3.02. The van der Waals surface area contributed by atoms with Crippen molar-refractivity contribution in [2.75, 3.05) is 0 Å². The standard InChI is InChI=1S/C25H23F2N3O/c1-4-20(31)14-9-11-28-21(12-14)25-10-8-16(24(25,2)3)15-13-19(29-30-23(15)25)22-17(26)6-5-7-18(22)27/h5-7,9,11-13,16H,4,8,10H2,1-3H3/t16-,25-/m0/s1. The van der Waals surface area contributed by atoms with Crippen molar-refractivity contribution in [2.45, 2.75) is 51.4 Å². The smallest absolute Gasteiger partial charge is 0.162 e. The lowest BCUT2D eigenvalue weighted by molar-refractivity contribution is 0.0987. The molecule has 0 aliphatic heterocycles. The van der Waals surface area contributed by atoms with E-state index in [2.05, 4.69) is 29.0 Å². The number of aromatic nitrogens is 3. The molecule has 2 bridgehead atoms. The van der Waals surface area contributed by atoms with Crippen LogP contribution in [0.25, 0.3) is 11.3 Å². The van der Waals surface area contributed by atoms with Gasteiger partial charge in [-0.1, -0.05) is 26.8 Å². The number of Topliss-reactive ketones (excluding diaryl/α,β-unsaturated/α-hetero) is 1. The Labute approximate surface area is 179 Å². The average Bonchev–Trinajstić information content (AvgIpc) is 3.14. The summed E-state index contributed by atoms with van der Waals surface area (Å²) in [5, 5.41) is 8.78. The number of hydrogen-bond donors (Lipinski definition) is 0. The molecule has 1 aromatic carbocycles. The minimum Gasteiger partial charge on any atom is -0.294 e. The molecular weight excluding hydrogens is 396 g/mol. The van der Waals surface area contributed by atoms with Gasteiger partial charge in [-0.3, -0.25) is 9.78 Å². The van der Waals surface area contributed by atoms with Gasteiger partial charge in [-0.05, 0) is 60.1 Å². The second-order valence-corrected chi connectivity index (χ2v) is 9.05. The van der Waals surface area contributed by atoms with E-state index in [0.29, 0.717) is 12.0 Å². The van der Waals surface area contributed by atoms with Gasteiger partial charge in [0, 0.05) is 18.2 Å². The van der Waals surface area contributed by atoms with Gasteiger partial charge in [0.1, 0.15) is 11.6 Å². The highest BCUT2D eigenvalue weighted by molar-refractivity contribution is 5.95. The predicted octanol–water partition coefficient (Wildman–Crippen LogP) is 5.61. The van der Waals surface area contributed by atoms with Crippen LogP contribution in [0.1, 0.15) is 73.3 Å². The number of halogens is 2. The van der Waals surface area contributed by atoms with Gasteiger partial charge in [-0.15, -0.1) is 5.10 Å². The van der Waals surface area contributed by atoms with E-state index >= 15 is 0 Å². The fourth-order valence-electron chi connectivity index (χ4n) is 5.80. The lowest BCUT2D eigenvalue weighted by Crippen LogP contribution is -2.38. The van der Waals surface area contributed by atoms with Crippen LogP contribution in [0.4, 0.5) is 8.78 Å². The molecule has 0 spiro atoms. The fraction of sp³-hybridized carbons (Fsp3) is 0.360. The van der Waals surface area contributed by atoms with Gasteiger partial charge in [0.2, 0.25) is 0 Å². The molecule has 2 aliphatic carbocycles. The number of carbonyl (C=O) groups excluding carboxylic acids is 1. The van der Waals surface area contributed by atoms with Crippen LogP contribution in [-0.4, -0.2) is 21.0 Å². The molecular formula is C25H23F2N3O. The van der Waals surface area contributed by atoms with Gasteiger partial charge >= 0.3 is 0 Å². The van der Waals surface area contributed by atoms with E-state index < -0.39 is 17.0 Å². The van der Waals surface area contributed by atoms with Gasteiger partial charge in [-0.2, -0.15) is 5.10 Å². The van der Waals surface area contributed by atoms with Crippen molar-refractivity contribution in [3.8, 4) is 11.3 Å². The van der Waals surface area contributed by atoms with Crippen molar-refractivity contribution in [3.63, 3.8) is 0 Å². The number of fused-ring (bicyclic) bond motifs is 5. The molecule has 5 rings (SSSR count). The topological polar surface area (TPSA) is 55.7 Å². The number of ketones is 1. The molecule has 31 heavy (non-hydrogen) atoms. The number of carbonyl (C=O) groups is 1. The van der Waals surface area contributed by atoms with Crippen LogP contribution in [0.5, 0.6) is 0 Å². The molecule has 0 saturated heterocycles. The maximum Gasteiger partial charge on any atom is 0.162 e. The van der Waals surface area contributed by atoms with Crippen LogP contribution in [0.2, 0.25) is 0 Å². The monoisotopic (exact) mass is 419 g/mol. The molecule has 4 nitrogen and oxygen atoms in total. The van der Waals surface area contributed by atoms with Gasteiger partial charge in [-0.25, -0.2) is 8.78 Å². The largest absolute Gasteiger partial charge is 0.294 e. The second-order valence-electron chi connectivity index (χ2n) is 9.05. The first-order valence-corrected chi connectivity index (χ1v) is 10.6. The minimum absolute atomic E-state index is 0.0714. The molecule has 0 radical (unpaired) electrons. The summed E-state index contributed by atoms with van der Waals surface area (Å²) >= 11 is 0. The highest BCUT2D eigenvalue weighted by atomic mass is 19.1. The summed E-state index contributed by atoms with van der Waals surface area (Å²) in [7, 11) is 0. The van der Waals surface area contributed by atoms with Crippen molar-refractivity contribution in [1.29, 1.82) is 0 Å². The summed E-state index contributed by atoms with van der Waals surface area (Å²) < 4.78 is 28.7. The van der Waals surface area contributed by atoms with E-state index in [1.807, 2.05) is 13.0 Å². The van der Waals surface area contributed by atoms with Crippen molar-refractivity contribution in [1.82, 2.24) is 15.2 Å². The number of pyridine rings is 1. The average molecular weight is 419 g/mol. The predicted molar refractivity (Wildman–Crippen MR) is 113 cm³/mol. The molecule has 3 aromatic rings. The maximum atomic E-state index is 14.4. The van der Waals surface area contributed by atoms with Crippen molar-refractivity contribution < 1.29 is 13.6 Å². The van der Waals surface area contributed by atoms with E-state index in [1.54, 1.807) is 18.3 Å². The maximum absolute atomic E-state index is 14.4. The first-order valence-electron chi connectivity index (χ1n) is 10.6.